The van der Waals surface area contributed by atoms with Gasteiger partial charge >= 0.3 is 5.97 Å². The first kappa shape index (κ1) is 13.4. The number of H-pyrrole nitrogens is 1. The van der Waals surface area contributed by atoms with Crippen molar-refractivity contribution in [2.75, 3.05) is 0 Å². The lowest BCUT2D eigenvalue weighted by atomic mass is 10.0. The average Bonchev–Trinajstić information content (AvgIpc) is 3.06. The summed E-state index contributed by atoms with van der Waals surface area (Å²) in [5, 5.41) is 14.3. The molecule has 3 aromatic rings. The van der Waals surface area contributed by atoms with E-state index in [1.165, 1.54) is 0 Å². The Bertz CT molecular complexity index is 801. The van der Waals surface area contributed by atoms with Crippen LogP contribution >= 0.6 is 0 Å². The van der Waals surface area contributed by atoms with E-state index in [9.17, 15) is 4.79 Å². The quantitative estimate of drug-likeness (QED) is 0.771. The SMILES string of the molecule is CC(C)(CC(=O)O)n1cc(-c2ccnc3[nH]ccc23)cn1. The number of hydrogen-bond acceptors (Lipinski definition) is 3. The summed E-state index contributed by atoms with van der Waals surface area (Å²) >= 11 is 0. The van der Waals surface area contributed by atoms with Crippen molar-refractivity contribution in [3.63, 3.8) is 0 Å². The molecule has 2 N–H and O–H groups in total. The van der Waals surface area contributed by atoms with Crippen LogP contribution in [0.15, 0.2) is 36.9 Å². The largest absolute Gasteiger partial charge is 0.481 e. The third-order valence-corrected chi connectivity index (χ3v) is 3.56. The van der Waals surface area contributed by atoms with Crippen LogP contribution in [0.2, 0.25) is 0 Å². The van der Waals surface area contributed by atoms with Gasteiger partial charge in [0, 0.05) is 29.5 Å². The third kappa shape index (κ3) is 2.40. The highest BCUT2D eigenvalue weighted by molar-refractivity contribution is 5.92. The van der Waals surface area contributed by atoms with Crippen LogP contribution in [0.4, 0.5) is 0 Å². The Labute approximate surface area is 121 Å². The molecular weight excluding hydrogens is 268 g/mol. The van der Waals surface area contributed by atoms with Gasteiger partial charge in [-0.3, -0.25) is 9.48 Å². The highest BCUT2D eigenvalue weighted by Gasteiger charge is 2.25. The first-order chi connectivity index (χ1) is 9.97. The molecule has 0 aliphatic heterocycles. The van der Waals surface area contributed by atoms with Crippen molar-refractivity contribution >= 4 is 17.0 Å². The van der Waals surface area contributed by atoms with Crippen LogP contribution in [0.25, 0.3) is 22.2 Å². The van der Waals surface area contributed by atoms with E-state index in [0.29, 0.717) is 0 Å². The predicted octanol–water partition coefficient (Wildman–Crippen LogP) is 2.64. The number of carboxylic acid groups (broad SMARTS) is 1. The van der Waals surface area contributed by atoms with Crippen LogP contribution in [-0.2, 0) is 10.3 Å². The van der Waals surface area contributed by atoms with Crippen molar-refractivity contribution in [1.82, 2.24) is 19.7 Å². The number of rotatable bonds is 4. The molecule has 0 aliphatic carbocycles. The number of pyridine rings is 1. The molecule has 0 spiro atoms. The Kier molecular flexibility index (Phi) is 3.01. The van der Waals surface area contributed by atoms with Crippen LogP contribution < -0.4 is 0 Å². The number of nitrogens with zero attached hydrogens (tertiary/aromatic N) is 3. The molecule has 0 saturated heterocycles. The molecule has 6 heteroatoms. The lowest BCUT2D eigenvalue weighted by Gasteiger charge is -2.23. The second-order valence-corrected chi connectivity index (χ2v) is 5.65. The highest BCUT2D eigenvalue weighted by atomic mass is 16.4. The van der Waals surface area contributed by atoms with Crippen LogP contribution in [0, 0.1) is 0 Å². The molecular formula is C15H16N4O2. The van der Waals surface area contributed by atoms with Crippen molar-refractivity contribution in [2.45, 2.75) is 25.8 Å². The monoisotopic (exact) mass is 284 g/mol. The molecule has 0 bridgehead atoms. The van der Waals surface area contributed by atoms with E-state index >= 15 is 0 Å². The molecule has 0 aliphatic rings. The van der Waals surface area contributed by atoms with Gasteiger partial charge in [-0.1, -0.05) is 0 Å². The Morgan fingerprint density at radius 2 is 2.24 bits per heavy atom. The lowest BCUT2D eigenvalue weighted by Crippen LogP contribution is -2.29. The maximum absolute atomic E-state index is 11.0. The van der Waals surface area contributed by atoms with Crippen LogP contribution in [0.3, 0.4) is 0 Å². The summed E-state index contributed by atoms with van der Waals surface area (Å²) in [6.07, 6.45) is 7.24. The van der Waals surface area contributed by atoms with Crippen molar-refractivity contribution in [3.05, 3.63) is 36.9 Å². The average molecular weight is 284 g/mol. The number of aliphatic carboxylic acids is 1. The first-order valence-electron chi connectivity index (χ1n) is 6.67. The van der Waals surface area contributed by atoms with Crippen molar-refractivity contribution in [3.8, 4) is 11.1 Å². The third-order valence-electron chi connectivity index (χ3n) is 3.56. The van der Waals surface area contributed by atoms with E-state index < -0.39 is 11.5 Å². The molecule has 21 heavy (non-hydrogen) atoms. The zero-order chi connectivity index (χ0) is 15.0. The Balaban J connectivity index is 2.02. The summed E-state index contributed by atoms with van der Waals surface area (Å²) in [5.41, 5.74) is 2.22. The summed E-state index contributed by atoms with van der Waals surface area (Å²) in [6.45, 7) is 3.71. The standard InChI is InChI=1S/C15H16N4O2/c1-15(2,7-13(20)21)19-9-10(8-18-19)11-3-5-16-14-12(11)4-6-17-14/h3-6,8-9H,7H2,1-2H3,(H,16,17)(H,20,21). The molecule has 0 unspecified atom stereocenters. The maximum Gasteiger partial charge on any atom is 0.305 e. The molecule has 0 saturated carbocycles. The number of carbonyl (C=O) groups is 1. The minimum Gasteiger partial charge on any atom is -0.481 e. The summed E-state index contributed by atoms with van der Waals surface area (Å²) < 4.78 is 1.70. The molecule has 6 nitrogen and oxygen atoms in total. The number of aromatic amines is 1. The molecule has 3 heterocycles. The van der Waals surface area contributed by atoms with Gasteiger partial charge < -0.3 is 10.1 Å². The van der Waals surface area contributed by atoms with Gasteiger partial charge in [0.1, 0.15) is 5.65 Å². The molecule has 108 valence electrons. The minimum absolute atomic E-state index is 0.0179. The highest BCUT2D eigenvalue weighted by Crippen LogP contribution is 2.28. The van der Waals surface area contributed by atoms with Gasteiger partial charge in [-0.2, -0.15) is 5.10 Å². The fraction of sp³-hybridized carbons (Fsp3) is 0.267. The number of nitrogens with one attached hydrogen (secondary N) is 1. The van der Waals surface area contributed by atoms with E-state index in [4.69, 9.17) is 5.11 Å². The van der Waals surface area contributed by atoms with Gasteiger partial charge in [0.25, 0.3) is 0 Å². The van der Waals surface area contributed by atoms with Gasteiger partial charge in [-0.15, -0.1) is 0 Å². The van der Waals surface area contributed by atoms with Gasteiger partial charge in [0.05, 0.1) is 18.2 Å². The second kappa shape index (κ2) is 4.73. The van der Waals surface area contributed by atoms with Crippen molar-refractivity contribution in [2.24, 2.45) is 0 Å². The lowest BCUT2D eigenvalue weighted by molar-refractivity contribution is -0.139. The van der Waals surface area contributed by atoms with Crippen molar-refractivity contribution < 1.29 is 9.90 Å². The summed E-state index contributed by atoms with van der Waals surface area (Å²) in [4.78, 5) is 18.3. The van der Waals surface area contributed by atoms with Gasteiger partial charge in [0.2, 0.25) is 0 Å². The van der Waals surface area contributed by atoms with Crippen molar-refractivity contribution in [1.29, 1.82) is 0 Å². The second-order valence-electron chi connectivity index (χ2n) is 5.65. The zero-order valence-corrected chi connectivity index (χ0v) is 11.9. The molecule has 3 rings (SSSR count). The van der Waals surface area contributed by atoms with E-state index in [2.05, 4.69) is 15.1 Å². The van der Waals surface area contributed by atoms with Gasteiger partial charge in [-0.25, -0.2) is 4.98 Å². The summed E-state index contributed by atoms with van der Waals surface area (Å²) in [6, 6.07) is 3.90. The van der Waals surface area contributed by atoms with E-state index in [1.54, 1.807) is 17.1 Å². The Morgan fingerprint density at radius 1 is 1.43 bits per heavy atom. The molecule has 0 amide bonds. The van der Waals surface area contributed by atoms with Crippen LogP contribution in [-0.4, -0.2) is 30.8 Å². The fourth-order valence-electron chi connectivity index (χ4n) is 2.46. The molecule has 0 radical (unpaired) electrons. The number of carboxylic acids is 1. The Morgan fingerprint density at radius 3 is 3.00 bits per heavy atom. The number of aromatic nitrogens is 4. The smallest absolute Gasteiger partial charge is 0.305 e. The van der Waals surface area contributed by atoms with E-state index in [1.807, 2.05) is 38.4 Å². The van der Waals surface area contributed by atoms with Crippen LogP contribution in [0.1, 0.15) is 20.3 Å². The van der Waals surface area contributed by atoms with Gasteiger partial charge in [-0.05, 0) is 31.5 Å². The Hall–Kier alpha value is -2.63. The number of fused-ring (bicyclic) bond motifs is 1. The van der Waals surface area contributed by atoms with E-state index in [0.717, 1.165) is 22.2 Å². The normalized spacial score (nSPS) is 11.9. The topological polar surface area (TPSA) is 83.8 Å². The molecule has 0 fully saturated rings. The first-order valence-corrected chi connectivity index (χ1v) is 6.67. The number of hydrogen-bond donors (Lipinski definition) is 2. The molecule has 0 aromatic carbocycles. The zero-order valence-electron chi connectivity index (χ0n) is 11.9. The summed E-state index contributed by atoms with van der Waals surface area (Å²) in [7, 11) is 0. The summed E-state index contributed by atoms with van der Waals surface area (Å²) in [5.74, 6) is -0.839. The minimum atomic E-state index is -0.839. The maximum atomic E-state index is 11.0. The molecule has 3 aromatic heterocycles. The van der Waals surface area contributed by atoms with Gasteiger partial charge in [0.15, 0.2) is 0 Å². The fourth-order valence-corrected chi connectivity index (χ4v) is 2.46. The van der Waals surface area contributed by atoms with Crippen LogP contribution in [0.5, 0.6) is 0 Å². The molecule has 0 atom stereocenters. The predicted molar refractivity (Wildman–Crippen MR) is 78.9 cm³/mol. The van der Waals surface area contributed by atoms with E-state index in [-0.39, 0.29) is 6.42 Å².